The van der Waals surface area contributed by atoms with Gasteiger partial charge in [0.2, 0.25) is 0 Å². The Bertz CT molecular complexity index is 1690. The summed E-state index contributed by atoms with van der Waals surface area (Å²) >= 11 is 2.55. The minimum Gasteiger partial charge on any atom is -0.455 e. The number of hydrogen-bond acceptors (Lipinski definition) is 8. The molecule has 0 unspecified atom stereocenters. The SMILES string of the molecule is CSc1cc(Oc2ccnc3[nH]c(=O)cnc23)ccc1NC(=O)Nc1nc(-c2ccc(F)c(F)c2)cs1. The van der Waals surface area contributed by atoms with Crippen molar-refractivity contribution in [2.24, 2.45) is 0 Å². The molecule has 3 heterocycles. The van der Waals surface area contributed by atoms with Crippen LogP contribution in [0, 0.1) is 11.6 Å². The summed E-state index contributed by atoms with van der Waals surface area (Å²) in [5.41, 5.74) is 1.69. The van der Waals surface area contributed by atoms with Gasteiger partial charge >= 0.3 is 6.03 Å². The Labute approximate surface area is 216 Å². The van der Waals surface area contributed by atoms with Gasteiger partial charge in [0, 0.05) is 28.1 Å². The molecule has 0 saturated heterocycles. The third-order valence-corrected chi connectivity index (χ3v) is 6.56. The van der Waals surface area contributed by atoms with Gasteiger partial charge < -0.3 is 15.0 Å². The summed E-state index contributed by atoms with van der Waals surface area (Å²) in [5.74, 6) is -1.02. The Morgan fingerprint density at radius 3 is 2.76 bits per heavy atom. The van der Waals surface area contributed by atoms with Gasteiger partial charge in [0.1, 0.15) is 11.3 Å². The zero-order valence-corrected chi connectivity index (χ0v) is 20.5. The number of pyridine rings is 1. The van der Waals surface area contributed by atoms with Crippen molar-refractivity contribution in [2.75, 3.05) is 16.9 Å². The number of urea groups is 1. The fourth-order valence-corrected chi connectivity index (χ4v) is 4.63. The van der Waals surface area contributed by atoms with Crippen molar-refractivity contribution in [1.82, 2.24) is 19.9 Å². The second-order valence-corrected chi connectivity index (χ2v) is 9.17. The van der Waals surface area contributed by atoms with Crippen LogP contribution in [0.1, 0.15) is 0 Å². The lowest BCUT2D eigenvalue weighted by atomic mass is 10.2. The molecule has 0 radical (unpaired) electrons. The molecule has 0 fully saturated rings. The predicted octanol–water partition coefficient (Wildman–Crippen LogP) is 5.88. The third-order valence-electron chi connectivity index (χ3n) is 5.03. The quantitative estimate of drug-likeness (QED) is 0.231. The molecule has 0 aliphatic rings. The number of carbonyl (C=O) groups excluding carboxylic acids is 1. The Morgan fingerprint density at radius 2 is 1.95 bits per heavy atom. The van der Waals surface area contributed by atoms with Crippen LogP contribution < -0.4 is 20.9 Å². The second-order valence-electron chi connectivity index (χ2n) is 7.46. The fourth-order valence-electron chi connectivity index (χ4n) is 3.34. The highest BCUT2D eigenvalue weighted by atomic mass is 32.2. The van der Waals surface area contributed by atoms with Gasteiger partial charge in [-0.25, -0.2) is 28.5 Å². The maximum atomic E-state index is 13.5. The molecule has 13 heteroatoms. The van der Waals surface area contributed by atoms with Crippen LogP contribution in [0.2, 0.25) is 0 Å². The number of rotatable bonds is 6. The number of halogens is 2. The average molecular weight is 539 g/mol. The number of carbonyl (C=O) groups is 1. The monoisotopic (exact) mass is 538 g/mol. The lowest BCUT2D eigenvalue weighted by Gasteiger charge is -2.13. The molecule has 0 saturated carbocycles. The van der Waals surface area contributed by atoms with Crippen molar-refractivity contribution >= 4 is 51.1 Å². The minimum atomic E-state index is -0.974. The number of hydrogen-bond donors (Lipinski definition) is 3. The normalized spacial score (nSPS) is 10.9. The van der Waals surface area contributed by atoms with Gasteiger partial charge in [0.15, 0.2) is 28.2 Å². The number of nitrogens with zero attached hydrogens (tertiary/aromatic N) is 3. The van der Waals surface area contributed by atoms with Gasteiger partial charge in [-0.3, -0.25) is 10.1 Å². The molecule has 0 bridgehead atoms. The van der Waals surface area contributed by atoms with Crippen LogP contribution in [0.4, 0.5) is 24.4 Å². The van der Waals surface area contributed by atoms with Crippen LogP contribution in [0.15, 0.2) is 69.9 Å². The molecule has 3 N–H and O–H groups in total. The summed E-state index contributed by atoms with van der Waals surface area (Å²) in [6.07, 6.45) is 4.51. The molecule has 9 nitrogen and oxygen atoms in total. The summed E-state index contributed by atoms with van der Waals surface area (Å²) in [5, 5.41) is 7.34. The lowest BCUT2D eigenvalue weighted by molar-refractivity contribution is 0.262. The van der Waals surface area contributed by atoms with E-state index in [0.717, 1.165) is 34.6 Å². The van der Waals surface area contributed by atoms with Crippen molar-refractivity contribution in [3.05, 3.63) is 82.2 Å². The van der Waals surface area contributed by atoms with E-state index < -0.39 is 17.7 Å². The Hall–Kier alpha value is -4.36. The Kier molecular flexibility index (Phi) is 6.79. The number of thioether (sulfide) groups is 1. The van der Waals surface area contributed by atoms with E-state index in [2.05, 4.69) is 30.6 Å². The first kappa shape index (κ1) is 24.3. The van der Waals surface area contributed by atoms with Crippen LogP contribution in [-0.4, -0.2) is 32.2 Å². The van der Waals surface area contributed by atoms with E-state index in [1.807, 2.05) is 6.26 Å². The molecule has 5 rings (SSSR count). The number of nitrogens with one attached hydrogen (secondary N) is 3. The molecule has 0 aliphatic heterocycles. The van der Waals surface area contributed by atoms with Gasteiger partial charge in [0.25, 0.3) is 5.56 Å². The highest BCUT2D eigenvalue weighted by Crippen LogP contribution is 2.33. The molecule has 0 aliphatic carbocycles. The topological polar surface area (TPSA) is 122 Å². The number of thiazole rings is 1. The molecule has 5 aromatic rings. The van der Waals surface area contributed by atoms with Gasteiger partial charge in [-0.05, 0) is 42.7 Å². The van der Waals surface area contributed by atoms with Crippen LogP contribution in [-0.2, 0) is 0 Å². The maximum Gasteiger partial charge on any atom is 0.325 e. The van der Waals surface area contributed by atoms with Gasteiger partial charge in [0.05, 0.1) is 17.6 Å². The Balaban J connectivity index is 1.29. The van der Waals surface area contributed by atoms with E-state index in [9.17, 15) is 18.4 Å². The largest absolute Gasteiger partial charge is 0.455 e. The summed E-state index contributed by atoms with van der Waals surface area (Å²) in [6.45, 7) is 0. The molecule has 2 amide bonds. The molecule has 186 valence electrons. The van der Waals surface area contributed by atoms with Crippen molar-refractivity contribution in [2.45, 2.75) is 4.90 Å². The van der Waals surface area contributed by atoms with Crippen LogP contribution in [0.5, 0.6) is 11.5 Å². The summed E-state index contributed by atoms with van der Waals surface area (Å²) < 4.78 is 32.7. The number of ether oxygens (including phenoxy) is 1. The molecular weight excluding hydrogens is 522 g/mol. The number of aromatic nitrogens is 4. The number of amides is 2. The molecule has 2 aromatic carbocycles. The summed E-state index contributed by atoms with van der Waals surface area (Å²) in [7, 11) is 0. The highest BCUT2D eigenvalue weighted by Gasteiger charge is 2.13. The van der Waals surface area contributed by atoms with Gasteiger partial charge in [-0.15, -0.1) is 23.1 Å². The van der Waals surface area contributed by atoms with E-state index in [-0.39, 0.29) is 10.7 Å². The van der Waals surface area contributed by atoms with Gasteiger partial charge in [-0.2, -0.15) is 0 Å². The van der Waals surface area contributed by atoms with Crippen LogP contribution in [0.3, 0.4) is 0 Å². The first-order chi connectivity index (χ1) is 17.9. The maximum absolute atomic E-state index is 13.5. The van der Waals surface area contributed by atoms with E-state index in [1.165, 1.54) is 24.0 Å². The zero-order valence-electron chi connectivity index (χ0n) is 18.9. The van der Waals surface area contributed by atoms with Crippen LogP contribution in [0.25, 0.3) is 22.4 Å². The third kappa shape index (κ3) is 5.42. The van der Waals surface area contributed by atoms with E-state index >= 15 is 0 Å². The molecule has 3 aromatic heterocycles. The van der Waals surface area contributed by atoms with Crippen molar-refractivity contribution in [3.8, 4) is 22.8 Å². The lowest BCUT2D eigenvalue weighted by Crippen LogP contribution is -2.19. The van der Waals surface area contributed by atoms with Crippen molar-refractivity contribution in [3.63, 3.8) is 0 Å². The van der Waals surface area contributed by atoms with Crippen molar-refractivity contribution < 1.29 is 18.3 Å². The standard InChI is InChI=1S/C24H16F2N6O3S2/c1-36-19-9-13(35-18-6-7-27-22-21(18)28-10-20(33)31-22)3-5-16(19)29-23(34)32-24-30-17(11-37-24)12-2-4-14(25)15(26)8-12/h2-11H,1H3,(H,27,31,33)(H2,29,30,32,34). The zero-order chi connectivity index (χ0) is 25.9. The molecule has 37 heavy (non-hydrogen) atoms. The van der Waals surface area contributed by atoms with E-state index in [0.29, 0.717) is 39.6 Å². The highest BCUT2D eigenvalue weighted by molar-refractivity contribution is 7.98. The number of benzene rings is 2. The van der Waals surface area contributed by atoms with Gasteiger partial charge in [-0.1, -0.05) is 0 Å². The minimum absolute atomic E-state index is 0.290. The first-order valence-electron chi connectivity index (χ1n) is 10.6. The predicted molar refractivity (Wildman–Crippen MR) is 139 cm³/mol. The van der Waals surface area contributed by atoms with E-state index in [1.54, 1.807) is 29.6 Å². The number of aromatic amines is 1. The Morgan fingerprint density at radius 1 is 1.08 bits per heavy atom. The first-order valence-corrected chi connectivity index (χ1v) is 12.7. The summed E-state index contributed by atoms with van der Waals surface area (Å²) in [4.78, 5) is 39.9. The van der Waals surface area contributed by atoms with Crippen LogP contribution >= 0.6 is 23.1 Å². The second kappa shape index (κ2) is 10.3. The average Bonchev–Trinajstić information content (AvgIpc) is 3.34. The smallest absolute Gasteiger partial charge is 0.325 e. The number of fused-ring (bicyclic) bond motifs is 1. The number of H-pyrrole nitrogens is 1. The van der Waals surface area contributed by atoms with Crippen molar-refractivity contribution in [1.29, 1.82) is 0 Å². The summed E-state index contributed by atoms with van der Waals surface area (Å²) in [6, 6.07) is 9.71. The fraction of sp³-hybridized carbons (Fsp3) is 0.0417. The number of anilines is 2. The molecule has 0 atom stereocenters. The molecular formula is C24H16F2N6O3S2. The van der Waals surface area contributed by atoms with E-state index in [4.69, 9.17) is 4.74 Å². The molecule has 0 spiro atoms.